The highest BCUT2D eigenvalue weighted by Gasteiger charge is 2.33. The molecule has 2 heterocycles. The number of anilines is 1. The number of nitrogens with two attached hydrogens (primary N) is 1. The molecule has 0 bridgehead atoms. The Morgan fingerprint density at radius 3 is 2.79 bits per heavy atom. The number of nitrogen functional groups attached to an aromatic ring is 1. The smallest absolute Gasteiger partial charge is 0.203 e. The van der Waals surface area contributed by atoms with Gasteiger partial charge in [0.15, 0.2) is 4.34 Å². The molecule has 3 aromatic rings. The third-order valence-corrected chi connectivity index (χ3v) is 5.83. The zero-order valence-corrected chi connectivity index (χ0v) is 15.3. The summed E-state index contributed by atoms with van der Waals surface area (Å²) in [5, 5.41) is 24.3. The van der Waals surface area contributed by atoms with Crippen LogP contribution < -0.4 is 5.73 Å². The van der Waals surface area contributed by atoms with Gasteiger partial charge in [-0.05, 0) is 12.1 Å². The summed E-state index contributed by atoms with van der Waals surface area (Å²) < 4.78 is 2.20. The number of thioether (sulfide) groups is 1. The maximum Gasteiger partial charge on any atom is 0.203 e. The fourth-order valence-corrected chi connectivity index (χ4v) is 4.42. The summed E-state index contributed by atoms with van der Waals surface area (Å²) in [6, 6.07) is 4.98. The van der Waals surface area contributed by atoms with Crippen LogP contribution >= 0.6 is 46.3 Å². The number of hydrogen-bond donors (Lipinski definition) is 2. The quantitative estimate of drug-likeness (QED) is 0.610. The van der Waals surface area contributed by atoms with E-state index in [1.54, 1.807) is 22.9 Å². The van der Waals surface area contributed by atoms with Crippen LogP contribution in [0.3, 0.4) is 0 Å². The van der Waals surface area contributed by atoms with Crippen LogP contribution in [0.1, 0.15) is 5.56 Å². The van der Waals surface area contributed by atoms with E-state index in [0.717, 1.165) is 0 Å². The first-order chi connectivity index (χ1) is 11.5. The molecular weight excluding hydrogens is 391 g/mol. The van der Waals surface area contributed by atoms with Gasteiger partial charge in [0.25, 0.3) is 0 Å². The lowest BCUT2D eigenvalue weighted by Crippen LogP contribution is -2.34. The summed E-state index contributed by atoms with van der Waals surface area (Å²) in [5.74, 6) is 0.281. The lowest BCUT2D eigenvalue weighted by atomic mass is 9.95. The van der Waals surface area contributed by atoms with Gasteiger partial charge in [-0.25, -0.2) is 9.67 Å². The number of hydrogen-bond acceptors (Lipinski definition) is 8. The third kappa shape index (κ3) is 3.98. The van der Waals surface area contributed by atoms with Crippen molar-refractivity contribution in [2.75, 3.05) is 11.5 Å². The fourth-order valence-electron chi connectivity index (χ4n) is 2.12. The second-order valence-electron chi connectivity index (χ2n) is 4.94. The monoisotopic (exact) mass is 402 g/mol. The maximum atomic E-state index is 11.3. The number of aliphatic hydroxyl groups is 1. The second-order valence-corrected chi connectivity index (χ2v) is 8.02. The third-order valence-electron chi connectivity index (χ3n) is 3.18. The minimum absolute atomic E-state index is 0.176. The molecular formula is C13H12Cl2N6OS2. The molecule has 1 atom stereocenters. The molecule has 0 saturated heterocycles. The molecule has 11 heteroatoms. The molecule has 3 N–H and O–H groups in total. The van der Waals surface area contributed by atoms with Crippen LogP contribution in [0.4, 0.5) is 5.13 Å². The van der Waals surface area contributed by atoms with E-state index in [1.165, 1.54) is 35.8 Å². The first kappa shape index (κ1) is 17.4. The first-order valence-corrected chi connectivity index (χ1v) is 9.24. The number of halogens is 2. The predicted octanol–water partition coefficient (Wildman–Crippen LogP) is 2.70. The molecule has 0 aliphatic rings. The summed E-state index contributed by atoms with van der Waals surface area (Å²) in [5.41, 5.74) is 4.84. The van der Waals surface area contributed by atoms with Crippen molar-refractivity contribution in [2.24, 2.45) is 0 Å². The Bertz CT molecular complexity index is 828. The zero-order chi connectivity index (χ0) is 17.2. The van der Waals surface area contributed by atoms with Crippen molar-refractivity contribution < 1.29 is 5.11 Å². The molecule has 0 fully saturated rings. The SMILES string of the molecule is Nc1nnc(SCC(O)(Cn2cncn2)c2ccc(Cl)cc2Cl)s1. The van der Waals surface area contributed by atoms with Gasteiger partial charge >= 0.3 is 0 Å². The lowest BCUT2D eigenvalue weighted by molar-refractivity contribution is 0.0397. The van der Waals surface area contributed by atoms with E-state index < -0.39 is 5.60 Å². The molecule has 2 aromatic heterocycles. The first-order valence-electron chi connectivity index (χ1n) is 6.68. The van der Waals surface area contributed by atoms with E-state index >= 15 is 0 Å². The highest BCUT2D eigenvalue weighted by Crippen LogP contribution is 2.37. The molecule has 0 radical (unpaired) electrons. The van der Waals surface area contributed by atoms with Crippen LogP contribution in [0.2, 0.25) is 10.0 Å². The Hall–Kier alpha value is -1.39. The summed E-state index contributed by atoms with van der Waals surface area (Å²) in [6.45, 7) is 0.176. The number of nitrogens with zero attached hydrogens (tertiary/aromatic N) is 5. The van der Waals surface area contributed by atoms with E-state index in [1.807, 2.05) is 0 Å². The maximum absolute atomic E-state index is 11.3. The number of benzene rings is 1. The van der Waals surface area contributed by atoms with E-state index in [-0.39, 0.29) is 12.3 Å². The van der Waals surface area contributed by atoms with Gasteiger partial charge in [-0.2, -0.15) is 5.10 Å². The van der Waals surface area contributed by atoms with E-state index in [0.29, 0.717) is 25.1 Å². The van der Waals surface area contributed by atoms with Crippen LogP contribution in [-0.4, -0.2) is 35.8 Å². The van der Waals surface area contributed by atoms with Crippen molar-refractivity contribution in [3.63, 3.8) is 0 Å². The van der Waals surface area contributed by atoms with Gasteiger partial charge in [0.1, 0.15) is 18.3 Å². The highest BCUT2D eigenvalue weighted by atomic mass is 35.5. The Labute approximate surface area is 155 Å². The molecule has 24 heavy (non-hydrogen) atoms. The van der Waals surface area contributed by atoms with Crippen LogP contribution in [0.5, 0.6) is 0 Å². The Morgan fingerprint density at radius 2 is 2.17 bits per heavy atom. The topological polar surface area (TPSA) is 103 Å². The molecule has 1 unspecified atom stereocenters. The van der Waals surface area contributed by atoms with Crippen molar-refractivity contribution in [1.82, 2.24) is 25.0 Å². The van der Waals surface area contributed by atoms with E-state index in [9.17, 15) is 5.11 Å². The number of rotatable bonds is 6. The average Bonchev–Trinajstić information content (AvgIpc) is 3.16. The molecule has 0 aliphatic carbocycles. The molecule has 0 amide bonds. The number of aromatic nitrogens is 5. The van der Waals surface area contributed by atoms with Crippen LogP contribution in [0.15, 0.2) is 35.2 Å². The Kier molecular flexibility index (Phi) is 5.26. The summed E-state index contributed by atoms with van der Waals surface area (Å²) in [7, 11) is 0. The second kappa shape index (κ2) is 7.24. The largest absolute Gasteiger partial charge is 0.382 e. The minimum atomic E-state index is -1.31. The van der Waals surface area contributed by atoms with Crippen LogP contribution in [0, 0.1) is 0 Å². The van der Waals surface area contributed by atoms with Gasteiger partial charge in [-0.1, -0.05) is 52.4 Å². The average molecular weight is 403 g/mol. The molecule has 7 nitrogen and oxygen atoms in total. The fraction of sp³-hybridized carbons (Fsp3) is 0.231. The van der Waals surface area contributed by atoms with Crippen molar-refractivity contribution in [1.29, 1.82) is 0 Å². The minimum Gasteiger partial charge on any atom is -0.382 e. The summed E-state index contributed by atoms with van der Waals surface area (Å²) in [4.78, 5) is 3.90. The normalized spacial score (nSPS) is 13.8. The predicted molar refractivity (Wildman–Crippen MR) is 95.4 cm³/mol. The van der Waals surface area contributed by atoms with Gasteiger partial charge in [0.05, 0.1) is 6.54 Å². The van der Waals surface area contributed by atoms with Crippen molar-refractivity contribution in [3.05, 3.63) is 46.5 Å². The van der Waals surface area contributed by atoms with Gasteiger partial charge < -0.3 is 10.8 Å². The molecule has 3 rings (SSSR count). The molecule has 0 spiro atoms. The van der Waals surface area contributed by atoms with Crippen molar-refractivity contribution >= 4 is 51.4 Å². The summed E-state index contributed by atoms with van der Waals surface area (Å²) >= 11 is 14.8. The van der Waals surface area contributed by atoms with Crippen LogP contribution in [0.25, 0.3) is 0 Å². The highest BCUT2D eigenvalue weighted by molar-refractivity contribution is 8.01. The van der Waals surface area contributed by atoms with Gasteiger partial charge in [0, 0.05) is 21.4 Å². The van der Waals surface area contributed by atoms with Crippen molar-refractivity contribution in [3.8, 4) is 0 Å². The Morgan fingerprint density at radius 1 is 1.33 bits per heavy atom. The Balaban J connectivity index is 1.90. The van der Waals surface area contributed by atoms with Gasteiger partial charge in [-0.3, -0.25) is 0 Å². The van der Waals surface area contributed by atoms with Crippen LogP contribution in [-0.2, 0) is 12.1 Å². The van der Waals surface area contributed by atoms with Gasteiger partial charge in [0.2, 0.25) is 5.13 Å². The summed E-state index contributed by atoms with van der Waals surface area (Å²) in [6.07, 6.45) is 2.94. The van der Waals surface area contributed by atoms with E-state index in [4.69, 9.17) is 28.9 Å². The van der Waals surface area contributed by atoms with Gasteiger partial charge in [-0.15, -0.1) is 10.2 Å². The molecule has 0 saturated carbocycles. The standard InChI is InChI=1S/C13H12Cl2N6OS2/c14-8-1-2-9(10(15)3-8)13(22,4-21-7-17-6-18-21)5-23-12-20-19-11(16)24-12/h1-3,6-7,22H,4-5H2,(H2,16,19). The molecule has 1 aromatic carbocycles. The zero-order valence-electron chi connectivity index (χ0n) is 12.1. The molecule has 126 valence electrons. The lowest BCUT2D eigenvalue weighted by Gasteiger charge is -2.28. The van der Waals surface area contributed by atoms with Crippen molar-refractivity contribution in [2.45, 2.75) is 16.5 Å². The molecule has 0 aliphatic heterocycles. The van der Waals surface area contributed by atoms with E-state index in [2.05, 4.69) is 20.3 Å².